The first-order valence-corrected chi connectivity index (χ1v) is 8.47. The normalized spacial score (nSPS) is 23.3. The van der Waals surface area contributed by atoms with E-state index in [4.69, 9.17) is 9.47 Å². The van der Waals surface area contributed by atoms with Crippen LogP contribution in [0.5, 0.6) is 5.75 Å². The van der Waals surface area contributed by atoms with Crippen molar-refractivity contribution in [2.45, 2.75) is 46.3 Å². The fraction of sp³-hybridized carbons (Fsp3) is 0.647. The van der Waals surface area contributed by atoms with Gasteiger partial charge in [-0.3, -0.25) is 0 Å². The van der Waals surface area contributed by atoms with Gasteiger partial charge in [0, 0.05) is 22.0 Å². The number of ether oxygens (including phenoxy) is 2. The lowest BCUT2D eigenvalue weighted by Crippen LogP contribution is -2.30. The van der Waals surface area contributed by atoms with Gasteiger partial charge in [0.25, 0.3) is 0 Å². The summed E-state index contributed by atoms with van der Waals surface area (Å²) < 4.78 is 12.7. The van der Waals surface area contributed by atoms with E-state index in [-0.39, 0.29) is 6.04 Å². The monoisotopic (exact) mass is 355 g/mol. The number of nitrogens with one attached hydrogen (secondary N) is 1. The van der Waals surface area contributed by atoms with E-state index in [1.54, 1.807) is 7.11 Å². The molecule has 0 saturated carbocycles. The Hall–Kier alpha value is -0.580. The molecule has 1 heterocycles. The SMILES string of the molecule is CCNC(c1c(C)c(Br)cc(C)c1OC)C1COC(C)C1. The fourth-order valence-electron chi connectivity index (χ4n) is 3.33. The number of rotatable bonds is 5. The van der Waals surface area contributed by atoms with E-state index in [9.17, 15) is 0 Å². The smallest absolute Gasteiger partial charge is 0.126 e. The molecule has 0 amide bonds. The third-order valence-corrected chi connectivity index (χ3v) is 5.17. The van der Waals surface area contributed by atoms with Gasteiger partial charge in [0.05, 0.1) is 19.8 Å². The van der Waals surface area contributed by atoms with Gasteiger partial charge in [0.1, 0.15) is 5.75 Å². The summed E-state index contributed by atoms with van der Waals surface area (Å²) in [5.41, 5.74) is 3.69. The van der Waals surface area contributed by atoms with Crippen molar-refractivity contribution in [3.8, 4) is 5.75 Å². The van der Waals surface area contributed by atoms with Crippen LogP contribution in [-0.4, -0.2) is 26.4 Å². The molecule has 1 aromatic rings. The quantitative estimate of drug-likeness (QED) is 0.860. The van der Waals surface area contributed by atoms with Crippen molar-refractivity contribution in [2.24, 2.45) is 5.92 Å². The van der Waals surface area contributed by atoms with Gasteiger partial charge in [-0.25, -0.2) is 0 Å². The summed E-state index contributed by atoms with van der Waals surface area (Å²) in [6.07, 6.45) is 1.43. The molecule has 4 heteroatoms. The highest BCUT2D eigenvalue weighted by Gasteiger charge is 2.33. The second-order valence-corrected chi connectivity index (χ2v) is 6.78. The van der Waals surface area contributed by atoms with Crippen LogP contribution in [0.3, 0.4) is 0 Å². The molecule has 118 valence electrons. The first-order chi connectivity index (χ1) is 9.99. The number of benzene rings is 1. The standard InChI is InChI=1S/C17H26BrNO2/c1-6-19-16(13-8-11(3)21-9-13)15-12(4)14(18)7-10(2)17(15)20-5/h7,11,13,16,19H,6,8-9H2,1-5H3. The molecule has 1 aliphatic heterocycles. The number of methoxy groups -OCH3 is 1. The topological polar surface area (TPSA) is 30.5 Å². The third kappa shape index (κ3) is 3.43. The van der Waals surface area contributed by atoms with E-state index >= 15 is 0 Å². The van der Waals surface area contributed by atoms with Crippen LogP contribution in [0.25, 0.3) is 0 Å². The zero-order valence-corrected chi connectivity index (χ0v) is 15.2. The summed E-state index contributed by atoms with van der Waals surface area (Å²) in [6.45, 7) is 10.3. The molecule has 0 radical (unpaired) electrons. The Balaban J connectivity index is 2.48. The predicted molar refractivity (Wildman–Crippen MR) is 90.1 cm³/mol. The molecule has 3 nitrogen and oxygen atoms in total. The lowest BCUT2D eigenvalue weighted by molar-refractivity contribution is 0.116. The molecule has 1 N–H and O–H groups in total. The molecule has 1 saturated heterocycles. The highest BCUT2D eigenvalue weighted by molar-refractivity contribution is 9.10. The molecule has 1 aliphatic rings. The Bertz CT molecular complexity index is 504. The van der Waals surface area contributed by atoms with Gasteiger partial charge < -0.3 is 14.8 Å². The van der Waals surface area contributed by atoms with E-state index in [0.29, 0.717) is 12.0 Å². The van der Waals surface area contributed by atoms with Crippen LogP contribution in [0, 0.1) is 19.8 Å². The Morgan fingerprint density at radius 1 is 1.48 bits per heavy atom. The summed E-state index contributed by atoms with van der Waals surface area (Å²) in [5.74, 6) is 1.49. The molecule has 3 unspecified atom stereocenters. The molecule has 0 bridgehead atoms. The molecule has 3 atom stereocenters. The van der Waals surface area contributed by atoms with Crippen molar-refractivity contribution in [1.29, 1.82) is 0 Å². The highest BCUT2D eigenvalue weighted by atomic mass is 79.9. The fourth-order valence-corrected chi connectivity index (χ4v) is 3.88. The zero-order valence-electron chi connectivity index (χ0n) is 13.6. The van der Waals surface area contributed by atoms with Crippen LogP contribution in [-0.2, 0) is 4.74 Å². The summed E-state index contributed by atoms with van der Waals surface area (Å²) in [5, 5.41) is 3.65. The summed E-state index contributed by atoms with van der Waals surface area (Å²) >= 11 is 3.69. The van der Waals surface area contributed by atoms with Crippen molar-refractivity contribution in [3.63, 3.8) is 0 Å². The number of aryl methyl sites for hydroxylation is 1. The maximum atomic E-state index is 5.80. The Morgan fingerprint density at radius 3 is 2.71 bits per heavy atom. The molecule has 1 aromatic carbocycles. The van der Waals surface area contributed by atoms with Gasteiger partial charge in [-0.15, -0.1) is 0 Å². The van der Waals surface area contributed by atoms with Crippen LogP contribution in [0.2, 0.25) is 0 Å². The first kappa shape index (κ1) is 16.8. The lowest BCUT2D eigenvalue weighted by Gasteiger charge is -2.28. The van der Waals surface area contributed by atoms with Crippen LogP contribution >= 0.6 is 15.9 Å². The summed E-state index contributed by atoms with van der Waals surface area (Å²) in [4.78, 5) is 0. The largest absolute Gasteiger partial charge is 0.496 e. The minimum Gasteiger partial charge on any atom is -0.496 e. The second-order valence-electron chi connectivity index (χ2n) is 5.92. The predicted octanol–water partition coefficient (Wildman–Crippen LogP) is 4.15. The zero-order chi connectivity index (χ0) is 15.6. The second kappa shape index (κ2) is 7.12. The minimum absolute atomic E-state index is 0.270. The maximum absolute atomic E-state index is 5.80. The van der Waals surface area contributed by atoms with Gasteiger partial charge in [0.2, 0.25) is 0 Å². The Kier molecular flexibility index (Phi) is 5.69. The van der Waals surface area contributed by atoms with E-state index < -0.39 is 0 Å². The van der Waals surface area contributed by atoms with Crippen molar-refractivity contribution in [2.75, 3.05) is 20.3 Å². The van der Waals surface area contributed by atoms with Crippen LogP contribution in [0.15, 0.2) is 10.5 Å². The summed E-state index contributed by atoms with van der Waals surface area (Å²) in [7, 11) is 1.76. The molecule has 2 rings (SSSR count). The van der Waals surface area contributed by atoms with Crippen molar-refractivity contribution >= 4 is 15.9 Å². The van der Waals surface area contributed by atoms with Gasteiger partial charge in [-0.1, -0.05) is 22.9 Å². The number of hydrogen-bond donors (Lipinski definition) is 1. The van der Waals surface area contributed by atoms with Gasteiger partial charge in [-0.05, 0) is 50.9 Å². The molecule has 0 spiro atoms. The molecule has 1 fully saturated rings. The van der Waals surface area contributed by atoms with Gasteiger partial charge in [-0.2, -0.15) is 0 Å². The lowest BCUT2D eigenvalue weighted by atomic mass is 9.87. The summed E-state index contributed by atoms with van der Waals surface area (Å²) in [6, 6.07) is 2.40. The Morgan fingerprint density at radius 2 is 2.19 bits per heavy atom. The molecule has 0 aromatic heterocycles. The van der Waals surface area contributed by atoms with E-state index in [2.05, 4.69) is 55.0 Å². The average Bonchev–Trinajstić information content (AvgIpc) is 2.87. The number of halogens is 1. The average molecular weight is 356 g/mol. The van der Waals surface area contributed by atoms with Crippen molar-refractivity contribution in [3.05, 3.63) is 27.2 Å². The molecule has 21 heavy (non-hydrogen) atoms. The van der Waals surface area contributed by atoms with Crippen molar-refractivity contribution in [1.82, 2.24) is 5.32 Å². The maximum Gasteiger partial charge on any atom is 0.126 e. The van der Waals surface area contributed by atoms with E-state index in [1.807, 2.05) is 0 Å². The number of hydrogen-bond acceptors (Lipinski definition) is 3. The molecular weight excluding hydrogens is 330 g/mol. The first-order valence-electron chi connectivity index (χ1n) is 7.68. The van der Waals surface area contributed by atoms with Crippen LogP contribution in [0.1, 0.15) is 43.0 Å². The van der Waals surface area contributed by atoms with Gasteiger partial charge in [0.15, 0.2) is 0 Å². The minimum atomic E-state index is 0.270. The van der Waals surface area contributed by atoms with Gasteiger partial charge >= 0.3 is 0 Å². The van der Waals surface area contributed by atoms with E-state index in [1.165, 1.54) is 16.7 Å². The molecular formula is C17H26BrNO2. The van der Waals surface area contributed by atoms with E-state index in [0.717, 1.165) is 29.8 Å². The van der Waals surface area contributed by atoms with Crippen LogP contribution < -0.4 is 10.1 Å². The third-order valence-electron chi connectivity index (χ3n) is 4.35. The molecule has 0 aliphatic carbocycles. The van der Waals surface area contributed by atoms with Crippen molar-refractivity contribution < 1.29 is 9.47 Å². The van der Waals surface area contributed by atoms with Crippen LogP contribution in [0.4, 0.5) is 0 Å². The highest BCUT2D eigenvalue weighted by Crippen LogP contribution is 2.41. The Labute approximate surface area is 136 Å².